The van der Waals surface area contributed by atoms with Gasteiger partial charge in [-0.3, -0.25) is 4.79 Å². The number of allylic oxidation sites excluding steroid dienone is 1. The van der Waals surface area contributed by atoms with E-state index in [4.69, 9.17) is 4.74 Å². The number of carbonyl (C=O) groups is 1. The molecule has 1 aliphatic carbocycles. The number of anilines is 1. The monoisotopic (exact) mass is 265 g/mol. The molecule has 1 heterocycles. The standard InChI is InChI=1S/C17H15NO2/c19-16-7-5-12-4-6-15(18-8-10-20-11-9-18)13-2-1-3-14(16)17(12)13/h1-7H,8-11H2. The van der Waals surface area contributed by atoms with E-state index in [0.29, 0.717) is 0 Å². The molecular formula is C17H15NO2. The summed E-state index contributed by atoms with van der Waals surface area (Å²) in [6.07, 6.45) is 3.58. The van der Waals surface area contributed by atoms with Gasteiger partial charge in [-0.15, -0.1) is 0 Å². The molecule has 0 radical (unpaired) electrons. The summed E-state index contributed by atoms with van der Waals surface area (Å²) in [5.74, 6) is 0.0993. The molecule has 3 nitrogen and oxygen atoms in total. The van der Waals surface area contributed by atoms with Crippen LogP contribution in [0.4, 0.5) is 5.69 Å². The highest BCUT2D eigenvalue weighted by atomic mass is 16.5. The fourth-order valence-electron chi connectivity index (χ4n) is 3.10. The van der Waals surface area contributed by atoms with Crippen molar-refractivity contribution in [1.82, 2.24) is 0 Å². The van der Waals surface area contributed by atoms with Crippen LogP contribution in [-0.2, 0) is 4.74 Å². The van der Waals surface area contributed by atoms with Crippen LogP contribution in [0.25, 0.3) is 16.8 Å². The Bertz CT molecular complexity index is 727. The van der Waals surface area contributed by atoms with Gasteiger partial charge < -0.3 is 9.64 Å². The van der Waals surface area contributed by atoms with Crippen LogP contribution in [0.3, 0.4) is 0 Å². The summed E-state index contributed by atoms with van der Waals surface area (Å²) in [6.45, 7) is 3.34. The zero-order valence-electron chi connectivity index (χ0n) is 11.1. The Morgan fingerprint density at radius 3 is 2.70 bits per heavy atom. The van der Waals surface area contributed by atoms with Gasteiger partial charge in [0.15, 0.2) is 5.78 Å². The smallest absolute Gasteiger partial charge is 0.186 e. The Hall–Kier alpha value is -2.13. The predicted octanol–water partition coefficient (Wildman–Crippen LogP) is 2.89. The van der Waals surface area contributed by atoms with Gasteiger partial charge in [0.25, 0.3) is 0 Å². The highest BCUT2D eigenvalue weighted by Gasteiger charge is 2.19. The SMILES string of the molecule is O=C1C=Cc2ccc(N3CCOCC3)c3cccc1c23. The highest BCUT2D eigenvalue weighted by Crippen LogP contribution is 2.35. The lowest BCUT2D eigenvalue weighted by molar-refractivity contribution is 0.104. The third-order valence-corrected chi connectivity index (χ3v) is 4.08. The van der Waals surface area contributed by atoms with Crippen molar-refractivity contribution in [3.05, 3.63) is 47.5 Å². The summed E-state index contributed by atoms with van der Waals surface area (Å²) in [5.41, 5.74) is 3.15. The van der Waals surface area contributed by atoms with Crippen molar-refractivity contribution in [3.8, 4) is 0 Å². The van der Waals surface area contributed by atoms with Crippen LogP contribution in [-0.4, -0.2) is 32.1 Å². The van der Waals surface area contributed by atoms with Gasteiger partial charge in [-0.2, -0.15) is 0 Å². The number of morpholine rings is 1. The van der Waals surface area contributed by atoms with E-state index in [1.807, 2.05) is 18.2 Å². The second-order valence-corrected chi connectivity index (χ2v) is 5.20. The van der Waals surface area contributed by atoms with Gasteiger partial charge >= 0.3 is 0 Å². The number of hydrogen-bond donors (Lipinski definition) is 0. The van der Waals surface area contributed by atoms with Crippen molar-refractivity contribution in [3.63, 3.8) is 0 Å². The van der Waals surface area contributed by atoms with Crippen LogP contribution in [0.2, 0.25) is 0 Å². The molecule has 2 aliphatic rings. The van der Waals surface area contributed by atoms with E-state index in [1.54, 1.807) is 6.08 Å². The minimum Gasteiger partial charge on any atom is -0.378 e. The summed E-state index contributed by atoms with van der Waals surface area (Å²) < 4.78 is 5.42. The number of ether oxygens (including phenoxy) is 1. The van der Waals surface area contributed by atoms with Gasteiger partial charge in [0, 0.05) is 35.1 Å². The van der Waals surface area contributed by atoms with Crippen molar-refractivity contribution in [2.24, 2.45) is 0 Å². The molecule has 0 bridgehead atoms. The molecule has 0 amide bonds. The Morgan fingerprint density at radius 2 is 1.85 bits per heavy atom. The van der Waals surface area contributed by atoms with Gasteiger partial charge in [0.2, 0.25) is 0 Å². The molecule has 20 heavy (non-hydrogen) atoms. The molecule has 0 aromatic heterocycles. The normalized spacial score (nSPS) is 17.8. The number of nitrogens with zero attached hydrogens (tertiary/aromatic N) is 1. The topological polar surface area (TPSA) is 29.5 Å². The predicted molar refractivity (Wildman–Crippen MR) is 80.3 cm³/mol. The molecule has 1 aliphatic heterocycles. The van der Waals surface area contributed by atoms with Crippen molar-refractivity contribution in [2.45, 2.75) is 0 Å². The maximum absolute atomic E-state index is 12.0. The number of rotatable bonds is 1. The minimum absolute atomic E-state index is 0.0993. The van der Waals surface area contributed by atoms with Crippen molar-refractivity contribution >= 4 is 28.3 Å². The first-order valence-corrected chi connectivity index (χ1v) is 6.95. The molecule has 2 aromatic rings. The highest BCUT2D eigenvalue weighted by molar-refractivity contribution is 6.21. The fraction of sp³-hybridized carbons (Fsp3) is 0.235. The second kappa shape index (κ2) is 4.46. The van der Waals surface area contributed by atoms with Gasteiger partial charge in [0.1, 0.15) is 0 Å². The quantitative estimate of drug-likeness (QED) is 0.794. The summed E-state index contributed by atoms with van der Waals surface area (Å²) in [7, 11) is 0. The van der Waals surface area contributed by atoms with Crippen molar-refractivity contribution in [1.29, 1.82) is 0 Å². The molecule has 0 atom stereocenters. The van der Waals surface area contributed by atoms with Crippen LogP contribution < -0.4 is 4.90 Å². The van der Waals surface area contributed by atoms with E-state index in [2.05, 4.69) is 23.1 Å². The lowest BCUT2D eigenvalue weighted by atomic mass is 9.91. The molecule has 0 N–H and O–H groups in total. The lowest BCUT2D eigenvalue weighted by Gasteiger charge is -2.30. The Balaban J connectivity index is 1.96. The average molecular weight is 265 g/mol. The van der Waals surface area contributed by atoms with Crippen LogP contribution in [0.5, 0.6) is 0 Å². The zero-order chi connectivity index (χ0) is 13.5. The average Bonchev–Trinajstić information content (AvgIpc) is 2.52. The van der Waals surface area contributed by atoms with E-state index in [1.165, 1.54) is 11.1 Å². The molecule has 0 spiro atoms. The van der Waals surface area contributed by atoms with E-state index in [-0.39, 0.29) is 5.78 Å². The number of benzene rings is 2. The Labute approximate surface area is 117 Å². The summed E-state index contributed by atoms with van der Waals surface area (Å²) in [6, 6.07) is 10.3. The third kappa shape index (κ3) is 1.67. The maximum Gasteiger partial charge on any atom is 0.186 e. The van der Waals surface area contributed by atoms with Crippen molar-refractivity contribution in [2.75, 3.05) is 31.2 Å². The van der Waals surface area contributed by atoms with E-state index in [9.17, 15) is 4.79 Å². The van der Waals surface area contributed by atoms with Crippen LogP contribution in [0.15, 0.2) is 36.4 Å². The van der Waals surface area contributed by atoms with Gasteiger partial charge in [-0.25, -0.2) is 0 Å². The van der Waals surface area contributed by atoms with Crippen molar-refractivity contribution < 1.29 is 9.53 Å². The van der Waals surface area contributed by atoms with Gasteiger partial charge in [0.05, 0.1) is 13.2 Å². The first-order chi connectivity index (χ1) is 9.84. The Kier molecular flexibility index (Phi) is 2.60. The first-order valence-electron chi connectivity index (χ1n) is 6.95. The molecule has 0 saturated carbocycles. The van der Waals surface area contributed by atoms with E-state index in [0.717, 1.165) is 42.8 Å². The molecule has 2 aromatic carbocycles. The van der Waals surface area contributed by atoms with Gasteiger partial charge in [-0.1, -0.05) is 30.3 Å². The maximum atomic E-state index is 12.0. The number of carbonyl (C=O) groups excluding carboxylic acids is 1. The molecule has 1 saturated heterocycles. The molecule has 4 rings (SSSR count). The molecular weight excluding hydrogens is 250 g/mol. The fourth-order valence-corrected chi connectivity index (χ4v) is 3.10. The number of ketones is 1. The van der Waals surface area contributed by atoms with Crippen LogP contribution >= 0.6 is 0 Å². The summed E-state index contributed by atoms with van der Waals surface area (Å²) in [4.78, 5) is 14.4. The zero-order valence-corrected chi connectivity index (χ0v) is 11.1. The molecule has 3 heteroatoms. The number of hydrogen-bond acceptors (Lipinski definition) is 3. The first kappa shape index (κ1) is 11.7. The van der Waals surface area contributed by atoms with Crippen LogP contribution in [0, 0.1) is 0 Å². The van der Waals surface area contributed by atoms with E-state index < -0.39 is 0 Å². The van der Waals surface area contributed by atoms with E-state index >= 15 is 0 Å². The molecule has 100 valence electrons. The largest absolute Gasteiger partial charge is 0.378 e. The molecule has 0 unspecified atom stereocenters. The molecule has 1 fully saturated rings. The minimum atomic E-state index is 0.0993. The Morgan fingerprint density at radius 1 is 1.00 bits per heavy atom. The van der Waals surface area contributed by atoms with Crippen LogP contribution in [0.1, 0.15) is 15.9 Å². The van der Waals surface area contributed by atoms with Gasteiger partial charge in [-0.05, 0) is 17.7 Å². The summed E-state index contributed by atoms with van der Waals surface area (Å²) in [5, 5.41) is 2.25. The lowest BCUT2D eigenvalue weighted by Crippen LogP contribution is -2.36. The summed E-state index contributed by atoms with van der Waals surface area (Å²) >= 11 is 0. The third-order valence-electron chi connectivity index (χ3n) is 4.08. The second-order valence-electron chi connectivity index (χ2n) is 5.20.